The van der Waals surface area contributed by atoms with Gasteiger partial charge >= 0.3 is 5.63 Å². The number of phenolic OH excluding ortho intramolecular Hbond substituents is 1. The average Bonchev–Trinajstić information content (AvgIpc) is 2.87. The van der Waals surface area contributed by atoms with Gasteiger partial charge in [-0.1, -0.05) is 42.3 Å². The molecule has 36 heavy (non-hydrogen) atoms. The van der Waals surface area contributed by atoms with Crippen molar-refractivity contribution in [2.24, 2.45) is 0 Å². The summed E-state index contributed by atoms with van der Waals surface area (Å²) in [4.78, 5) is 15.6. The number of halogens is 1. The second kappa shape index (κ2) is 10.8. The summed E-state index contributed by atoms with van der Waals surface area (Å²) >= 11 is 6.39. The van der Waals surface area contributed by atoms with Gasteiger partial charge in [-0.25, -0.2) is 4.79 Å². The van der Waals surface area contributed by atoms with Crippen LogP contribution in [0, 0.1) is 6.92 Å². The van der Waals surface area contributed by atoms with Gasteiger partial charge in [0.05, 0.1) is 5.56 Å². The van der Waals surface area contributed by atoms with E-state index in [0.717, 1.165) is 47.5 Å². The molecule has 0 spiro atoms. The van der Waals surface area contributed by atoms with Crippen LogP contribution >= 0.6 is 11.6 Å². The molecule has 6 heteroatoms. The molecule has 186 valence electrons. The van der Waals surface area contributed by atoms with E-state index in [4.69, 9.17) is 20.8 Å². The number of rotatable bonds is 7. The van der Waals surface area contributed by atoms with E-state index in [9.17, 15) is 9.90 Å². The minimum atomic E-state index is -0.458. The molecule has 5 rings (SSSR count). The summed E-state index contributed by atoms with van der Waals surface area (Å²) in [7, 11) is 0. The maximum atomic E-state index is 13.1. The smallest absolute Gasteiger partial charge is 0.344 e. The van der Waals surface area contributed by atoms with Gasteiger partial charge in [-0.3, -0.25) is 4.90 Å². The summed E-state index contributed by atoms with van der Waals surface area (Å²) in [6.45, 7) is 5.87. The van der Waals surface area contributed by atoms with Crippen LogP contribution in [0.3, 0.4) is 0 Å². The fourth-order valence-electron chi connectivity index (χ4n) is 4.86. The summed E-state index contributed by atoms with van der Waals surface area (Å²) in [5.74, 6) is 0.887. The highest BCUT2D eigenvalue weighted by Gasteiger charge is 2.18. The third-order valence-corrected chi connectivity index (χ3v) is 7.30. The first-order valence-electron chi connectivity index (χ1n) is 12.5. The molecule has 0 atom stereocenters. The lowest BCUT2D eigenvalue weighted by atomic mass is 9.93. The normalized spacial score (nSPS) is 14.3. The second-order valence-electron chi connectivity index (χ2n) is 9.46. The van der Waals surface area contributed by atoms with Gasteiger partial charge in [-0.2, -0.15) is 0 Å². The molecular weight excluding hydrogens is 474 g/mol. The SMILES string of the molecule is Cc1ccc(-c2c(Cc3ccc(OCCN4CCCCC4)cc3)c3ccc(O)cc3oc2=O)cc1Cl. The topological polar surface area (TPSA) is 62.9 Å². The Balaban J connectivity index is 1.43. The first-order chi connectivity index (χ1) is 17.5. The number of hydrogen-bond donors (Lipinski definition) is 1. The van der Waals surface area contributed by atoms with E-state index in [-0.39, 0.29) is 5.75 Å². The van der Waals surface area contributed by atoms with Crippen molar-refractivity contribution in [3.8, 4) is 22.6 Å². The van der Waals surface area contributed by atoms with E-state index in [2.05, 4.69) is 4.90 Å². The number of fused-ring (bicyclic) bond motifs is 1. The zero-order valence-corrected chi connectivity index (χ0v) is 21.2. The van der Waals surface area contributed by atoms with E-state index >= 15 is 0 Å². The molecule has 0 saturated carbocycles. The summed E-state index contributed by atoms with van der Waals surface area (Å²) in [5.41, 5.74) is 3.90. The number of hydrogen-bond acceptors (Lipinski definition) is 5. The summed E-state index contributed by atoms with van der Waals surface area (Å²) in [5, 5.41) is 11.3. The van der Waals surface area contributed by atoms with Gasteiger partial charge < -0.3 is 14.3 Å². The Labute approximate surface area is 215 Å². The molecule has 1 aliphatic rings. The minimum Gasteiger partial charge on any atom is -0.508 e. The van der Waals surface area contributed by atoms with Gasteiger partial charge in [0.15, 0.2) is 0 Å². The number of aromatic hydroxyl groups is 1. The molecule has 5 nitrogen and oxygen atoms in total. The van der Waals surface area contributed by atoms with Crippen molar-refractivity contribution in [2.75, 3.05) is 26.2 Å². The highest BCUT2D eigenvalue weighted by atomic mass is 35.5. The third-order valence-electron chi connectivity index (χ3n) is 6.89. The van der Waals surface area contributed by atoms with Crippen LogP contribution in [-0.2, 0) is 6.42 Å². The monoisotopic (exact) mass is 503 g/mol. The van der Waals surface area contributed by atoms with Crippen LogP contribution in [-0.4, -0.2) is 36.2 Å². The molecule has 0 radical (unpaired) electrons. The predicted molar refractivity (Wildman–Crippen MR) is 144 cm³/mol. The predicted octanol–water partition coefficient (Wildman–Crippen LogP) is 6.58. The molecule has 0 bridgehead atoms. The quantitative estimate of drug-likeness (QED) is 0.288. The first kappa shape index (κ1) is 24.4. The van der Waals surface area contributed by atoms with Crippen LogP contribution in [0.15, 0.2) is 69.9 Å². The largest absolute Gasteiger partial charge is 0.508 e. The first-order valence-corrected chi connectivity index (χ1v) is 12.8. The second-order valence-corrected chi connectivity index (χ2v) is 9.87. The Hall–Kier alpha value is -3.28. The lowest BCUT2D eigenvalue weighted by Crippen LogP contribution is -2.33. The molecule has 0 aliphatic carbocycles. The van der Waals surface area contributed by atoms with Gasteiger partial charge in [-0.05, 0) is 91.9 Å². The Bertz CT molecular complexity index is 1420. The molecule has 0 amide bonds. The van der Waals surface area contributed by atoms with Crippen LogP contribution in [0.25, 0.3) is 22.1 Å². The molecule has 1 N–H and O–H groups in total. The Morgan fingerprint density at radius 3 is 2.53 bits per heavy atom. The standard InChI is InChI=1S/C30H30ClNO4/c1-20-5-8-22(18-27(20)31)29-26(25-12-9-23(33)19-28(25)36-30(29)34)17-21-6-10-24(11-7-21)35-16-15-32-13-3-2-4-14-32/h5-12,18-19,33H,2-4,13-17H2,1H3. The molecule has 1 aromatic heterocycles. The lowest BCUT2D eigenvalue weighted by Gasteiger charge is -2.26. The maximum Gasteiger partial charge on any atom is 0.344 e. The van der Waals surface area contributed by atoms with Crippen molar-refractivity contribution in [1.82, 2.24) is 4.90 Å². The van der Waals surface area contributed by atoms with Gasteiger partial charge in [-0.15, -0.1) is 0 Å². The van der Waals surface area contributed by atoms with Crippen molar-refractivity contribution >= 4 is 22.6 Å². The van der Waals surface area contributed by atoms with Crippen LogP contribution < -0.4 is 10.4 Å². The Kier molecular flexibility index (Phi) is 7.30. The Morgan fingerprint density at radius 1 is 1.00 bits per heavy atom. The van der Waals surface area contributed by atoms with Gasteiger partial charge in [0, 0.05) is 23.0 Å². The number of nitrogens with zero attached hydrogens (tertiary/aromatic N) is 1. The minimum absolute atomic E-state index is 0.0498. The highest BCUT2D eigenvalue weighted by Crippen LogP contribution is 2.33. The van der Waals surface area contributed by atoms with E-state index in [1.54, 1.807) is 18.2 Å². The molecule has 4 aromatic rings. The van der Waals surface area contributed by atoms with Crippen LogP contribution in [0.2, 0.25) is 5.02 Å². The number of likely N-dealkylation sites (tertiary alicyclic amines) is 1. The fourth-order valence-corrected chi connectivity index (χ4v) is 5.04. The zero-order valence-electron chi connectivity index (χ0n) is 20.4. The van der Waals surface area contributed by atoms with Crippen molar-refractivity contribution in [3.05, 3.63) is 92.8 Å². The summed E-state index contributed by atoms with van der Waals surface area (Å²) < 4.78 is 11.6. The van der Waals surface area contributed by atoms with Gasteiger partial charge in [0.25, 0.3) is 0 Å². The van der Waals surface area contributed by atoms with Crippen molar-refractivity contribution < 1.29 is 14.3 Å². The van der Waals surface area contributed by atoms with Crippen LogP contribution in [0.1, 0.15) is 36.0 Å². The lowest BCUT2D eigenvalue weighted by molar-refractivity contribution is 0.183. The van der Waals surface area contributed by atoms with Crippen molar-refractivity contribution in [2.45, 2.75) is 32.6 Å². The van der Waals surface area contributed by atoms with E-state index < -0.39 is 5.63 Å². The summed E-state index contributed by atoms with van der Waals surface area (Å²) in [6.07, 6.45) is 4.40. The number of piperidine rings is 1. The highest BCUT2D eigenvalue weighted by molar-refractivity contribution is 6.31. The molecular formula is C30H30ClNO4. The zero-order chi connectivity index (χ0) is 25.1. The van der Waals surface area contributed by atoms with E-state index in [1.807, 2.05) is 43.3 Å². The van der Waals surface area contributed by atoms with Gasteiger partial charge in [0.1, 0.15) is 23.7 Å². The molecule has 3 aromatic carbocycles. The van der Waals surface area contributed by atoms with Crippen LogP contribution in [0.5, 0.6) is 11.5 Å². The van der Waals surface area contributed by atoms with Crippen molar-refractivity contribution in [3.63, 3.8) is 0 Å². The molecule has 1 saturated heterocycles. The number of benzene rings is 3. The van der Waals surface area contributed by atoms with E-state index in [0.29, 0.717) is 34.8 Å². The average molecular weight is 504 g/mol. The van der Waals surface area contributed by atoms with Crippen molar-refractivity contribution in [1.29, 1.82) is 0 Å². The fraction of sp³-hybridized carbons (Fsp3) is 0.300. The molecule has 1 fully saturated rings. The van der Waals surface area contributed by atoms with Gasteiger partial charge in [0.2, 0.25) is 0 Å². The number of ether oxygens (including phenoxy) is 1. The molecule has 0 unspecified atom stereocenters. The summed E-state index contributed by atoms with van der Waals surface area (Å²) in [6, 6.07) is 18.5. The third kappa shape index (κ3) is 5.43. The maximum absolute atomic E-state index is 13.1. The molecule has 2 heterocycles. The van der Waals surface area contributed by atoms with E-state index in [1.165, 1.54) is 25.3 Å². The number of phenols is 1. The van der Waals surface area contributed by atoms with Crippen LogP contribution in [0.4, 0.5) is 0 Å². The number of aryl methyl sites for hydroxylation is 1. The molecule has 1 aliphatic heterocycles. The Morgan fingerprint density at radius 2 is 1.78 bits per heavy atom.